The van der Waals surface area contributed by atoms with Crippen molar-refractivity contribution in [2.75, 3.05) is 13.2 Å². The van der Waals surface area contributed by atoms with Gasteiger partial charge in [0.05, 0.1) is 0 Å². The second-order valence-corrected chi connectivity index (χ2v) is 5.60. The first-order valence-corrected chi connectivity index (χ1v) is 6.15. The molecule has 0 fully saturated rings. The fraction of sp³-hybridized carbons (Fsp3) is 0.571. The molecule has 3 heteroatoms. The zero-order valence-corrected chi connectivity index (χ0v) is 10.5. The largest absolute Gasteiger partial charge is 0.396 e. The van der Waals surface area contributed by atoms with Gasteiger partial charge in [-0.3, -0.25) is 0 Å². The summed E-state index contributed by atoms with van der Waals surface area (Å²) in [5.74, 6) is -0.0896. The maximum absolute atomic E-state index is 13.5. The molecular formula is C14H20FNO. The molecule has 0 heterocycles. The van der Waals surface area contributed by atoms with Crippen molar-refractivity contribution < 1.29 is 9.50 Å². The van der Waals surface area contributed by atoms with Gasteiger partial charge < -0.3 is 10.4 Å². The number of aliphatic hydroxyl groups excluding tert-OH is 1. The Morgan fingerprint density at radius 3 is 2.94 bits per heavy atom. The lowest BCUT2D eigenvalue weighted by atomic mass is 9.94. The Hall–Kier alpha value is -0.930. The van der Waals surface area contributed by atoms with Crippen molar-refractivity contribution in [3.05, 3.63) is 35.1 Å². The van der Waals surface area contributed by atoms with E-state index in [4.69, 9.17) is 0 Å². The summed E-state index contributed by atoms with van der Waals surface area (Å²) in [5, 5.41) is 12.6. The second-order valence-electron chi connectivity index (χ2n) is 5.60. The summed E-state index contributed by atoms with van der Waals surface area (Å²) in [7, 11) is 0. The first-order chi connectivity index (χ1) is 8.03. The van der Waals surface area contributed by atoms with E-state index in [1.54, 1.807) is 6.07 Å². The Balaban J connectivity index is 2.05. The summed E-state index contributed by atoms with van der Waals surface area (Å²) in [6, 6.07) is 5.52. The Bertz CT molecular complexity index is 403. The Morgan fingerprint density at radius 1 is 1.47 bits per heavy atom. The van der Waals surface area contributed by atoms with Crippen molar-refractivity contribution in [1.29, 1.82) is 0 Å². The van der Waals surface area contributed by atoms with Crippen LogP contribution >= 0.6 is 0 Å². The number of hydrogen-bond donors (Lipinski definition) is 2. The summed E-state index contributed by atoms with van der Waals surface area (Å²) < 4.78 is 13.5. The van der Waals surface area contributed by atoms with Crippen LogP contribution in [0, 0.1) is 11.2 Å². The van der Waals surface area contributed by atoms with E-state index in [1.807, 2.05) is 19.9 Å². The number of hydrogen-bond acceptors (Lipinski definition) is 2. The van der Waals surface area contributed by atoms with Gasteiger partial charge in [0.1, 0.15) is 5.82 Å². The van der Waals surface area contributed by atoms with Crippen molar-refractivity contribution in [2.45, 2.75) is 32.7 Å². The summed E-state index contributed by atoms with van der Waals surface area (Å²) in [6.07, 6.45) is 1.75. The molecule has 0 saturated heterocycles. The zero-order valence-electron chi connectivity index (χ0n) is 10.5. The molecule has 1 aliphatic rings. The van der Waals surface area contributed by atoms with Crippen molar-refractivity contribution in [2.24, 2.45) is 5.41 Å². The number of halogens is 1. The third-order valence-electron chi connectivity index (χ3n) is 3.47. The van der Waals surface area contributed by atoms with Crippen LogP contribution in [0.1, 0.15) is 37.4 Å². The average Bonchev–Trinajstić information content (AvgIpc) is 2.71. The fourth-order valence-electron chi connectivity index (χ4n) is 2.28. The van der Waals surface area contributed by atoms with E-state index in [-0.39, 0.29) is 23.9 Å². The highest BCUT2D eigenvalue weighted by Gasteiger charge is 2.26. The Labute approximate surface area is 102 Å². The van der Waals surface area contributed by atoms with E-state index >= 15 is 0 Å². The molecule has 0 aromatic heterocycles. The van der Waals surface area contributed by atoms with Crippen LogP contribution in [0.15, 0.2) is 18.2 Å². The van der Waals surface area contributed by atoms with Crippen LogP contribution in [0.4, 0.5) is 4.39 Å². The summed E-state index contributed by atoms with van der Waals surface area (Å²) >= 11 is 0. The Morgan fingerprint density at radius 2 is 2.24 bits per heavy atom. The van der Waals surface area contributed by atoms with Gasteiger partial charge in [-0.1, -0.05) is 26.0 Å². The summed E-state index contributed by atoms with van der Waals surface area (Å²) in [4.78, 5) is 0. The van der Waals surface area contributed by atoms with Gasteiger partial charge in [-0.25, -0.2) is 4.39 Å². The first-order valence-electron chi connectivity index (χ1n) is 6.15. The van der Waals surface area contributed by atoms with Gasteiger partial charge >= 0.3 is 0 Å². The molecule has 17 heavy (non-hydrogen) atoms. The van der Waals surface area contributed by atoms with Gasteiger partial charge in [0.15, 0.2) is 0 Å². The molecule has 1 aliphatic carbocycles. The molecule has 94 valence electrons. The number of fused-ring (bicyclic) bond motifs is 1. The van der Waals surface area contributed by atoms with Gasteiger partial charge in [-0.05, 0) is 30.0 Å². The molecular weight excluding hydrogens is 217 g/mol. The smallest absolute Gasteiger partial charge is 0.126 e. The molecule has 2 rings (SSSR count). The molecule has 2 nitrogen and oxygen atoms in total. The molecule has 1 atom stereocenters. The maximum Gasteiger partial charge on any atom is 0.126 e. The molecule has 1 aromatic carbocycles. The second kappa shape index (κ2) is 4.75. The fourth-order valence-corrected chi connectivity index (χ4v) is 2.28. The molecule has 1 aromatic rings. The van der Waals surface area contributed by atoms with Crippen LogP contribution in [0.2, 0.25) is 0 Å². The average molecular weight is 237 g/mol. The van der Waals surface area contributed by atoms with Crippen LogP contribution in [-0.4, -0.2) is 18.3 Å². The van der Waals surface area contributed by atoms with Crippen LogP contribution in [-0.2, 0) is 6.42 Å². The SMILES string of the molecule is CC(C)(CO)CNC1CCc2c(F)cccc21. The standard InChI is InChI=1S/C14H20FNO/c1-14(2,9-17)8-16-13-7-6-10-11(13)4-3-5-12(10)15/h3-5,13,16-17H,6-9H2,1-2H3. The molecule has 1 unspecified atom stereocenters. The third-order valence-corrected chi connectivity index (χ3v) is 3.47. The highest BCUT2D eigenvalue weighted by Crippen LogP contribution is 2.33. The van der Waals surface area contributed by atoms with E-state index in [1.165, 1.54) is 6.07 Å². The van der Waals surface area contributed by atoms with E-state index < -0.39 is 0 Å². The minimum atomic E-state index is -0.129. The lowest BCUT2D eigenvalue weighted by Gasteiger charge is -2.25. The van der Waals surface area contributed by atoms with Crippen molar-refractivity contribution in [1.82, 2.24) is 5.32 Å². The molecule has 0 amide bonds. The predicted molar refractivity (Wildman–Crippen MR) is 66.3 cm³/mol. The third kappa shape index (κ3) is 2.67. The topological polar surface area (TPSA) is 32.3 Å². The number of rotatable bonds is 4. The summed E-state index contributed by atoms with van der Waals surface area (Å²) in [5.41, 5.74) is 1.81. The molecule has 0 spiro atoms. The van der Waals surface area contributed by atoms with Gasteiger partial charge in [-0.15, -0.1) is 0 Å². The van der Waals surface area contributed by atoms with Gasteiger partial charge in [0.25, 0.3) is 0 Å². The lowest BCUT2D eigenvalue weighted by molar-refractivity contribution is 0.153. The molecule has 0 aliphatic heterocycles. The molecule has 0 radical (unpaired) electrons. The van der Waals surface area contributed by atoms with Crippen LogP contribution < -0.4 is 5.32 Å². The summed E-state index contributed by atoms with van der Waals surface area (Å²) in [6.45, 7) is 4.93. The number of aliphatic hydroxyl groups is 1. The van der Waals surface area contributed by atoms with Crippen LogP contribution in [0.5, 0.6) is 0 Å². The zero-order chi connectivity index (χ0) is 12.5. The van der Waals surface area contributed by atoms with Crippen LogP contribution in [0.25, 0.3) is 0 Å². The number of nitrogens with one attached hydrogen (secondary N) is 1. The van der Waals surface area contributed by atoms with E-state index in [9.17, 15) is 9.50 Å². The minimum Gasteiger partial charge on any atom is -0.396 e. The van der Waals surface area contributed by atoms with E-state index in [0.29, 0.717) is 0 Å². The van der Waals surface area contributed by atoms with Crippen LogP contribution in [0.3, 0.4) is 0 Å². The van der Waals surface area contributed by atoms with Crippen molar-refractivity contribution in [3.8, 4) is 0 Å². The number of benzene rings is 1. The van der Waals surface area contributed by atoms with Crippen molar-refractivity contribution in [3.63, 3.8) is 0 Å². The first kappa shape index (κ1) is 12.5. The van der Waals surface area contributed by atoms with Gasteiger partial charge in [0.2, 0.25) is 0 Å². The van der Waals surface area contributed by atoms with Gasteiger partial charge in [-0.2, -0.15) is 0 Å². The van der Waals surface area contributed by atoms with Crippen molar-refractivity contribution >= 4 is 0 Å². The maximum atomic E-state index is 13.5. The van der Waals surface area contributed by atoms with E-state index in [2.05, 4.69) is 5.32 Å². The Kier molecular flexibility index (Phi) is 3.50. The minimum absolute atomic E-state index is 0.0896. The molecule has 0 bridgehead atoms. The quantitative estimate of drug-likeness (QED) is 0.843. The highest BCUT2D eigenvalue weighted by molar-refractivity contribution is 5.35. The predicted octanol–water partition coefficient (Wildman–Crippen LogP) is 2.42. The van der Waals surface area contributed by atoms with E-state index in [0.717, 1.165) is 30.5 Å². The normalized spacial score (nSPS) is 19.4. The molecule has 0 saturated carbocycles. The van der Waals surface area contributed by atoms with Gasteiger partial charge in [0, 0.05) is 24.6 Å². The highest BCUT2D eigenvalue weighted by atomic mass is 19.1. The lowest BCUT2D eigenvalue weighted by Crippen LogP contribution is -2.34. The monoisotopic (exact) mass is 237 g/mol. The molecule has 2 N–H and O–H groups in total.